The molecule has 0 atom stereocenters. The van der Waals surface area contributed by atoms with Crippen molar-refractivity contribution in [2.45, 2.75) is 31.4 Å². The van der Waals surface area contributed by atoms with Crippen LogP contribution in [0.15, 0.2) is 36.7 Å². The molecule has 0 radical (unpaired) electrons. The van der Waals surface area contributed by atoms with Gasteiger partial charge < -0.3 is 9.84 Å². The highest BCUT2D eigenvalue weighted by molar-refractivity contribution is 14.1. The molecule has 3 aromatic heterocycles. The van der Waals surface area contributed by atoms with E-state index in [1.54, 1.807) is 25.4 Å². The predicted octanol–water partition coefficient (Wildman–Crippen LogP) is 4.44. The Kier molecular flexibility index (Phi) is 7.02. The van der Waals surface area contributed by atoms with Gasteiger partial charge in [-0.2, -0.15) is 0 Å². The zero-order valence-electron chi connectivity index (χ0n) is 17.1. The van der Waals surface area contributed by atoms with E-state index in [2.05, 4.69) is 37.5 Å². The molecular weight excluding hydrogens is 479 g/mol. The number of rotatable bonds is 7. The number of nitrogens with zero attached hydrogens (tertiary/aromatic N) is 4. The number of aromatic nitrogens is 3. The molecule has 0 spiro atoms. The average molecular weight is 504 g/mol. The Bertz CT molecular complexity index is 1010. The quantitative estimate of drug-likeness (QED) is 0.379. The maximum atomic E-state index is 10.2. The van der Waals surface area contributed by atoms with E-state index >= 15 is 0 Å². The van der Waals surface area contributed by atoms with Crippen LogP contribution in [0.5, 0.6) is 11.5 Å². The van der Waals surface area contributed by atoms with Crippen LogP contribution >= 0.6 is 22.6 Å². The van der Waals surface area contributed by atoms with Crippen molar-refractivity contribution in [3.63, 3.8) is 0 Å². The van der Waals surface area contributed by atoms with Gasteiger partial charge in [0.05, 0.1) is 29.9 Å². The highest BCUT2D eigenvalue weighted by atomic mass is 127. The van der Waals surface area contributed by atoms with E-state index < -0.39 is 0 Å². The van der Waals surface area contributed by atoms with Gasteiger partial charge >= 0.3 is 0 Å². The Morgan fingerprint density at radius 2 is 1.90 bits per heavy atom. The minimum absolute atomic E-state index is 0.186. The van der Waals surface area contributed by atoms with Gasteiger partial charge in [-0.1, -0.05) is 22.6 Å². The minimum atomic E-state index is 0.186. The summed E-state index contributed by atoms with van der Waals surface area (Å²) in [5.41, 5.74) is 6.42. The second kappa shape index (κ2) is 9.49. The summed E-state index contributed by atoms with van der Waals surface area (Å²) in [5, 5.41) is 10.2. The molecule has 6 nitrogen and oxygen atoms in total. The summed E-state index contributed by atoms with van der Waals surface area (Å²) in [6, 6.07) is 7.34. The number of alkyl halides is 1. The average Bonchev–Trinajstić information content (AvgIpc) is 2.70. The van der Waals surface area contributed by atoms with E-state index in [-0.39, 0.29) is 5.75 Å². The van der Waals surface area contributed by atoms with Gasteiger partial charge in [-0.3, -0.25) is 14.9 Å². The fourth-order valence-electron chi connectivity index (χ4n) is 3.30. The van der Waals surface area contributed by atoms with Crippen molar-refractivity contribution in [3.8, 4) is 22.9 Å². The van der Waals surface area contributed by atoms with Crippen LogP contribution in [0.2, 0.25) is 0 Å². The topological polar surface area (TPSA) is 71.4 Å². The summed E-state index contributed by atoms with van der Waals surface area (Å²) in [6.45, 7) is 5.24. The summed E-state index contributed by atoms with van der Waals surface area (Å²) in [6.07, 6.45) is 3.62. The summed E-state index contributed by atoms with van der Waals surface area (Å²) in [5.74, 6) is 1.06. The lowest BCUT2D eigenvalue weighted by molar-refractivity contribution is 0.308. The van der Waals surface area contributed by atoms with Crippen molar-refractivity contribution >= 4 is 22.6 Å². The first-order valence-electron chi connectivity index (χ1n) is 9.30. The summed E-state index contributed by atoms with van der Waals surface area (Å²) < 4.78 is 6.40. The molecule has 0 aliphatic carbocycles. The molecule has 1 N–H and O–H groups in total. The van der Waals surface area contributed by atoms with E-state index in [1.807, 2.05) is 39.2 Å². The van der Waals surface area contributed by atoms with E-state index in [1.165, 1.54) is 5.56 Å². The van der Waals surface area contributed by atoms with Crippen molar-refractivity contribution in [2.75, 3.05) is 14.2 Å². The Balaban J connectivity index is 1.80. The zero-order chi connectivity index (χ0) is 21.0. The summed E-state index contributed by atoms with van der Waals surface area (Å²) >= 11 is 2.32. The van der Waals surface area contributed by atoms with Gasteiger partial charge in [-0.15, -0.1) is 0 Å². The molecule has 0 aromatic carbocycles. The standard InChI is InChI=1S/C22H25IN4O2/c1-14-11-25-21(15(2)22(14)29-4)13-27(3)12-17-8-18(28)9-20(26-17)19-7-16(10-23)5-6-24-19/h5-9,11H,10,12-13H2,1-4H3,(H,26,28). The first kappa shape index (κ1) is 21.4. The monoisotopic (exact) mass is 504 g/mol. The smallest absolute Gasteiger partial charge is 0.128 e. The van der Waals surface area contributed by atoms with Crippen LogP contribution in [0.1, 0.15) is 28.1 Å². The fourth-order valence-corrected chi connectivity index (χ4v) is 3.77. The van der Waals surface area contributed by atoms with E-state index in [9.17, 15) is 5.11 Å². The lowest BCUT2D eigenvalue weighted by Gasteiger charge is -2.19. The van der Waals surface area contributed by atoms with Gasteiger partial charge in [0.1, 0.15) is 11.5 Å². The van der Waals surface area contributed by atoms with Crippen LogP contribution in [0.25, 0.3) is 11.4 Å². The maximum absolute atomic E-state index is 10.2. The van der Waals surface area contributed by atoms with Gasteiger partial charge in [0.15, 0.2) is 0 Å². The van der Waals surface area contributed by atoms with Crippen LogP contribution in [-0.4, -0.2) is 39.1 Å². The predicted molar refractivity (Wildman–Crippen MR) is 122 cm³/mol. The Morgan fingerprint density at radius 1 is 1.10 bits per heavy atom. The van der Waals surface area contributed by atoms with Crippen molar-refractivity contribution < 1.29 is 9.84 Å². The second-order valence-corrected chi connectivity index (χ2v) is 7.87. The highest BCUT2D eigenvalue weighted by Gasteiger charge is 2.13. The van der Waals surface area contributed by atoms with Crippen molar-refractivity contribution in [3.05, 3.63) is 64.7 Å². The molecule has 0 aliphatic rings. The fraction of sp³-hybridized carbons (Fsp3) is 0.318. The van der Waals surface area contributed by atoms with Gasteiger partial charge in [0, 0.05) is 53.2 Å². The molecule has 3 aromatic rings. The molecule has 3 rings (SSSR count). The minimum Gasteiger partial charge on any atom is -0.508 e. The summed E-state index contributed by atoms with van der Waals surface area (Å²) in [4.78, 5) is 15.8. The van der Waals surface area contributed by atoms with E-state index in [0.29, 0.717) is 18.8 Å². The Morgan fingerprint density at radius 3 is 2.62 bits per heavy atom. The second-order valence-electron chi connectivity index (χ2n) is 7.10. The SMILES string of the molecule is COc1c(C)cnc(CN(C)Cc2cc(O)cc(-c3cc(CI)ccn3)n2)c1C. The first-order valence-corrected chi connectivity index (χ1v) is 10.8. The molecule has 0 bridgehead atoms. The molecular formula is C22H25IN4O2. The molecule has 0 amide bonds. The van der Waals surface area contributed by atoms with E-state index in [0.717, 1.165) is 38.4 Å². The number of aromatic hydroxyl groups is 1. The lowest BCUT2D eigenvalue weighted by atomic mass is 10.1. The van der Waals surface area contributed by atoms with Crippen LogP contribution in [0, 0.1) is 13.8 Å². The van der Waals surface area contributed by atoms with Gasteiger partial charge in [0.25, 0.3) is 0 Å². The van der Waals surface area contributed by atoms with E-state index in [4.69, 9.17) is 9.72 Å². The van der Waals surface area contributed by atoms with Gasteiger partial charge in [-0.05, 0) is 38.6 Å². The van der Waals surface area contributed by atoms with Gasteiger partial charge in [0.2, 0.25) is 0 Å². The third-order valence-electron chi connectivity index (χ3n) is 4.71. The van der Waals surface area contributed by atoms with Crippen molar-refractivity contribution in [2.24, 2.45) is 0 Å². The molecule has 7 heteroatoms. The number of pyridine rings is 3. The summed E-state index contributed by atoms with van der Waals surface area (Å²) in [7, 11) is 3.69. The number of methoxy groups -OCH3 is 1. The number of halogens is 1. The Hall–Kier alpha value is -2.26. The molecule has 152 valence electrons. The third-order valence-corrected chi connectivity index (χ3v) is 5.59. The van der Waals surface area contributed by atoms with Crippen molar-refractivity contribution in [1.82, 2.24) is 19.9 Å². The number of ether oxygens (including phenoxy) is 1. The molecule has 0 unspecified atom stereocenters. The van der Waals surface area contributed by atoms with Gasteiger partial charge in [-0.25, -0.2) is 4.98 Å². The molecule has 0 fully saturated rings. The number of hydrogen-bond donors (Lipinski definition) is 1. The zero-order valence-corrected chi connectivity index (χ0v) is 19.3. The van der Waals surface area contributed by atoms with Crippen LogP contribution < -0.4 is 4.74 Å². The molecule has 29 heavy (non-hydrogen) atoms. The van der Waals surface area contributed by atoms with Crippen molar-refractivity contribution in [1.29, 1.82) is 0 Å². The van der Waals surface area contributed by atoms with Crippen LogP contribution in [0.3, 0.4) is 0 Å². The van der Waals surface area contributed by atoms with Crippen LogP contribution in [-0.2, 0) is 17.5 Å². The number of aryl methyl sites for hydroxylation is 1. The maximum Gasteiger partial charge on any atom is 0.128 e. The Labute approximate surface area is 185 Å². The highest BCUT2D eigenvalue weighted by Crippen LogP contribution is 2.26. The molecule has 0 aliphatic heterocycles. The molecule has 0 saturated carbocycles. The molecule has 0 saturated heterocycles. The largest absolute Gasteiger partial charge is 0.508 e. The normalized spacial score (nSPS) is 11.1. The third kappa shape index (κ3) is 5.22. The number of hydrogen-bond acceptors (Lipinski definition) is 6. The van der Waals surface area contributed by atoms with Crippen LogP contribution in [0.4, 0.5) is 0 Å². The lowest BCUT2D eigenvalue weighted by Crippen LogP contribution is -2.20. The first-order chi connectivity index (χ1) is 13.9. The molecule has 3 heterocycles.